The molecule has 0 aliphatic heterocycles. The summed E-state index contributed by atoms with van der Waals surface area (Å²) in [6.45, 7) is 0.618. The first-order valence-electron chi connectivity index (χ1n) is 5.51. The third-order valence-corrected chi connectivity index (χ3v) is 3.28. The van der Waals surface area contributed by atoms with E-state index in [9.17, 15) is 8.42 Å². The number of rotatable bonds is 6. The fraction of sp³-hybridized carbons (Fsp3) is 0.500. The molecule has 1 fully saturated rings. The second-order valence-electron chi connectivity index (χ2n) is 4.42. The van der Waals surface area contributed by atoms with Crippen LogP contribution in [-0.2, 0) is 25.6 Å². The van der Waals surface area contributed by atoms with Crippen LogP contribution in [0.4, 0.5) is 0 Å². The van der Waals surface area contributed by atoms with Gasteiger partial charge in [-0.05, 0) is 18.4 Å². The van der Waals surface area contributed by atoms with Crippen LogP contribution < -0.4 is 0 Å². The first kappa shape index (κ1) is 12.5. The molecule has 0 aromatic heterocycles. The molecule has 5 heteroatoms. The molecule has 0 spiro atoms. The lowest BCUT2D eigenvalue weighted by Crippen LogP contribution is -2.23. The summed E-state index contributed by atoms with van der Waals surface area (Å²) >= 11 is 0. The van der Waals surface area contributed by atoms with E-state index in [0.717, 1.165) is 24.7 Å². The lowest BCUT2D eigenvalue weighted by atomic mass is 10.2. The summed E-state index contributed by atoms with van der Waals surface area (Å²) in [6.07, 6.45) is 2.77. The molecule has 4 nitrogen and oxygen atoms in total. The van der Waals surface area contributed by atoms with E-state index >= 15 is 0 Å². The molecule has 1 saturated carbocycles. The van der Waals surface area contributed by atoms with Crippen molar-refractivity contribution >= 4 is 10.1 Å². The molecule has 0 amide bonds. The number of hydrogen-bond acceptors (Lipinski definition) is 4. The van der Waals surface area contributed by atoms with E-state index in [0.29, 0.717) is 6.61 Å². The zero-order chi connectivity index (χ0) is 12.4. The lowest BCUT2D eigenvalue weighted by Gasteiger charge is -2.15. The smallest absolute Gasteiger partial charge is 0.264 e. The molecule has 1 aliphatic rings. The molecule has 94 valence electrons. The molecule has 0 radical (unpaired) electrons. The van der Waals surface area contributed by atoms with Crippen molar-refractivity contribution < 1.29 is 17.3 Å². The van der Waals surface area contributed by atoms with E-state index in [1.807, 2.05) is 30.3 Å². The molecule has 1 aliphatic carbocycles. The Kier molecular flexibility index (Phi) is 3.51. The summed E-state index contributed by atoms with van der Waals surface area (Å²) in [5.41, 5.74) is 0.692. The molecule has 1 aromatic carbocycles. The van der Waals surface area contributed by atoms with Gasteiger partial charge in [-0.1, -0.05) is 30.3 Å². The van der Waals surface area contributed by atoms with Crippen LogP contribution in [0.15, 0.2) is 30.3 Å². The van der Waals surface area contributed by atoms with E-state index in [1.165, 1.54) is 0 Å². The number of ether oxygens (including phenoxy) is 1. The maximum Gasteiger partial charge on any atom is 0.264 e. The summed E-state index contributed by atoms with van der Waals surface area (Å²) in [5.74, 6) is 0. The summed E-state index contributed by atoms with van der Waals surface area (Å²) in [4.78, 5) is 0. The Hall–Kier alpha value is -0.910. The topological polar surface area (TPSA) is 52.6 Å². The molecule has 0 atom stereocenters. The first-order valence-corrected chi connectivity index (χ1v) is 7.33. The average molecular weight is 256 g/mol. The van der Waals surface area contributed by atoms with Gasteiger partial charge in [0.05, 0.1) is 25.1 Å². The molecule has 1 aromatic rings. The maximum atomic E-state index is 10.9. The van der Waals surface area contributed by atoms with Crippen LogP contribution in [0, 0.1) is 0 Å². The predicted octanol–water partition coefficient (Wildman–Crippen LogP) is 1.71. The van der Waals surface area contributed by atoms with Crippen molar-refractivity contribution in [2.45, 2.75) is 25.0 Å². The minimum Gasteiger partial charge on any atom is -0.368 e. The van der Waals surface area contributed by atoms with Crippen LogP contribution in [-0.4, -0.2) is 26.9 Å². The summed E-state index contributed by atoms with van der Waals surface area (Å²) in [6, 6.07) is 9.81. The van der Waals surface area contributed by atoms with Gasteiger partial charge in [-0.2, -0.15) is 8.42 Å². The largest absolute Gasteiger partial charge is 0.368 e. The summed E-state index contributed by atoms with van der Waals surface area (Å²) in [5, 5.41) is 0. The fourth-order valence-corrected chi connectivity index (χ4v) is 1.92. The van der Waals surface area contributed by atoms with Crippen LogP contribution in [0.25, 0.3) is 0 Å². The highest BCUT2D eigenvalue weighted by atomic mass is 32.2. The maximum absolute atomic E-state index is 10.9. The van der Waals surface area contributed by atoms with Crippen LogP contribution in [0.5, 0.6) is 0 Å². The quantitative estimate of drug-likeness (QED) is 0.727. The Morgan fingerprint density at radius 3 is 2.41 bits per heavy atom. The van der Waals surface area contributed by atoms with Gasteiger partial charge >= 0.3 is 0 Å². The standard InChI is InChI=1S/C12H16O4S/c1-17(13,14)16-10-12(7-8-12)15-9-11-5-3-2-4-6-11/h2-6H,7-10H2,1H3. The van der Waals surface area contributed by atoms with E-state index in [2.05, 4.69) is 0 Å². The van der Waals surface area contributed by atoms with Gasteiger partial charge in [-0.15, -0.1) is 0 Å². The molecule has 0 heterocycles. The minimum atomic E-state index is -3.38. The van der Waals surface area contributed by atoms with Crippen LogP contribution >= 0.6 is 0 Å². The summed E-state index contributed by atoms with van der Waals surface area (Å²) in [7, 11) is -3.38. The molecule has 0 saturated heterocycles. The Morgan fingerprint density at radius 2 is 1.88 bits per heavy atom. The zero-order valence-electron chi connectivity index (χ0n) is 9.76. The summed E-state index contributed by atoms with van der Waals surface area (Å²) < 4.78 is 32.3. The third-order valence-electron chi connectivity index (χ3n) is 2.73. The van der Waals surface area contributed by atoms with Crippen LogP contribution in [0.3, 0.4) is 0 Å². The van der Waals surface area contributed by atoms with Crippen molar-refractivity contribution in [1.29, 1.82) is 0 Å². The Balaban J connectivity index is 1.83. The van der Waals surface area contributed by atoms with Crippen molar-refractivity contribution in [2.75, 3.05) is 12.9 Å². The van der Waals surface area contributed by atoms with Crippen molar-refractivity contribution in [1.82, 2.24) is 0 Å². The highest BCUT2D eigenvalue weighted by Crippen LogP contribution is 2.40. The normalized spacial score (nSPS) is 17.9. The highest BCUT2D eigenvalue weighted by Gasteiger charge is 2.45. The van der Waals surface area contributed by atoms with Crippen LogP contribution in [0.2, 0.25) is 0 Å². The zero-order valence-corrected chi connectivity index (χ0v) is 10.6. The molecule has 0 unspecified atom stereocenters. The van der Waals surface area contributed by atoms with E-state index < -0.39 is 10.1 Å². The average Bonchev–Trinajstić information content (AvgIpc) is 3.05. The van der Waals surface area contributed by atoms with Crippen molar-refractivity contribution in [3.63, 3.8) is 0 Å². The molecule has 0 N–H and O–H groups in total. The number of hydrogen-bond donors (Lipinski definition) is 0. The highest BCUT2D eigenvalue weighted by molar-refractivity contribution is 7.85. The van der Waals surface area contributed by atoms with Gasteiger partial charge in [-0.25, -0.2) is 0 Å². The van der Waals surface area contributed by atoms with Crippen LogP contribution in [0.1, 0.15) is 18.4 Å². The Bertz CT molecular complexity index is 463. The van der Waals surface area contributed by atoms with Crippen molar-refractivity contribution in [3.05, 3.63) is 35.9 Å². The molecule has 0 bridgehead atoms. The fourth-order valence-electron chi connectivity index (χ4n) is 1.49. The number of benzene rings is 1. The second kappa shape index (κ2) is 4.76. The van der Waals surface area contributed by atoms with Gasteiger partial charge in [0, 0.05) is 0 Å². The molecular weight excluding hydrogens is 240 g/mol. The monoisotopic (exact) mass is 256 g/mol. The van der Waals surface area contributed by atoms with Gasteiger partial charge < -0.3 is 4.74 Å². The van der Waals surface area contributed by atoms with E-state index in [1.54, 1.807) is 0 Å². The SMILES string of the molecule is CS(=O)(=O)OCC1(OCc2ccccc2)CC1. The first-order chi connectivity index (χ1) is 7.99. The molecule has 17 heavy (non-hydrogen) atoms. The van der Waals surface area contributed by atoms with Gasteiger partial charge in [0.2, 0.25) is 0 Å². The van der Waals surface area contributed by atoms with E-state index in [-0.39, 0.29) is 12.2 Å². The predicted molar refractivity (Wildman–Crippen MR) is 64.0 cm³/mol. The third kappa shape index (κ3) is 4.11. The van der Waals surface area contributed by atoms with Gasteiger partial charge in [0.15, 0.2) is 0 Å². The lowest BCUT2D eigenvalue weighted by molar-refractivity contribution is -0.00898. The minimum absolute atomic E-state index is 0.124. The van der Waals surface area contributed by atoms with Gasteiger partial charge in [0.25, 0.3) is 10.1 Å². The Labute approximate surface area is 102 Å². The second-order valence-corrected chi connectivity index (χ2v) is 6.07. The Morgan fingerprint density at radius 1 is 1.24 bits per heavy atom. The van der Waals surface area contributed by atoms with E-state index in [4.69, 9.17) is 8.92 Å². The molecular formula is C12H16O4S. The molecule has 2 rings (SSSR count). The van der Waals surface area contributed by atoms with Crippen molar-refractivity contribution in [2.24, 2.45) is 0 Å². The van der Waals surface area contributed by atoms with Gasteiger partial charge in [0.1, 0.15) is 0 Å². The van der Waals surface area contributed by atoms with Crippen molar-refractivity contribution in [3.8, 4) is 0 Å². The van der Waals surface area contributed by atoms with Gasteiger partial charge in [-0.3, -0.25) is 4.18 Å².